The molecule has 3 aromatic rings. The van der Waals surface area contributed by atoms with Crippen molar-refractivity contribution in [1.82, 2.24) is 9.88 Å². The Bertz CT molecular complexity index is 1120. The summed E-state index contributed by atoms with van der Waals surface area (Å²) in [6.45, 7) is 2.24. The first-order valence-electron chi connectivity index (χ1n) is 10.0. The second-order valence-electron chi connectivity index (χ2n) is 7.07. The molecule has 2 aromatic carbocycles. The Morgan fingerprint density at radius 1 is 1.10 bits per heavy atom. The molecule has 1 aliphatic rings. The van der Waals surface area contributed by atoms with Crippen LogP contribution in [0, 0.1) is 11.3 Å². The summed E-state index contributed by atoms with van der Waals surface area (Å²) in [6, 6.07) is 19.0. The van der Waals surface area contributed by atoms with Gasteiger partial charge in [0.1, 0.15) is 11.8 Å². The van der Waals surface area contributed by atoms with Crippen LogP contribution >= 0.6 is 0 Å². The van der Waals surface area contributed by atoms with E-state index in [9.17, 15) is 10.1 Å². The molecule has 0 N–H and O–H groups in total. The number of carbonyl (C=O) groups excluding carboxylic acids is 1. The standard InChI is InChI=1S/C24H22N4O3/c1-30-20-9-5-6-18(16-20)10-11-22-26-21(17-25)24(31-22)28-14-12-27(13-15-28)23(29)19-7-3-2-4-8-19/h2-11,16H,12-15H2,1H3. The summed E-state index contributed by atoms with van der Waals surface area (Å²) in [5.74, 6) is 1.58. The van der Waals surface area contributed by atoms with Gasteiger partial charge in [-0.1, -0.05) is 30.3 Å². The van der Waals surface area contributed by atoms with Gasteiger partial charge in [-0.05, 0) is 35.9 Å². The van der Waals surface area contributed by atoms with E-state index in [1.54, 1.807) is 13.2 Å². The fourth-order valence-corrected chi connectivity index (χ4v) is 3.48. The first-order valence-corrected chi connectivity index (χ1v) is 10.0. The number of nitrogens with zero attached hydrogens (tertiary/aromatic N) is 4. The Morgan fingerprint density at radius 2 is 1.87 bits per heavy atom. The van der Waals surface area contributed by atoms with E-state index >= 15 is 0 Å². The van der Waals surface area contributed by atoms with Gasteiger partial charge in [-0.2, -0.15) is 10.2 Å². The number of piperazine rings is 1. The minimum Gasteiger partial charge on any atom is -0.497 e. The van der Waals surface area contributed by atoms with E-state index in [0.717, 1.165) is 11.3 Å². The molecule has 0 radical (unpaired) electrons. The summed E-state index contributed by atoms with van der Waals surface area (Å²) in [5, 5.41) is 9.50. The predicted octanol–water partition coefficient (Wildman–Crippen LogP) is 3.69. The molecule has 0 aliphatic carbocycles. The van der Waals surface area contributed by atoms with Crippen LogP contribution in [0.25, 0.3) is 12.2 Å². The van der Waals surface area contributed by atoms with Crippen LogP contribution in [0.5, 0.6) is 5.75 Å². The number of benzene rings is 2. The second-order valence-corrected chi connectivity index (χ2v) is 7.07. The fourth-order valence-electron chi connectivity index (χ4n) is 3.48. The van der Waals surface area contributed by atoms with Gasteiger partial charge in [0.05, 0.1) is 7.11 Å². The molecule has 2 heterocycles. The molecule has 7 nitrogen and oxygen atoms in total. The smallest absolute Gasteiger partial charge is 0.253 e. The summed E-state index contributed by atoms with van der Waals surface area (Å²) >= 11 is 0. The van der Waals surface area contributed by atoms with Gasteiger partial charge in [0.15, 0.2) is 0 Å². The lowest BCUT2D eigenvalue weighted by Crippen LogP contribution is -2.48. The summed E-state index contributed by atoms with van der Waals surface area (Å²) < 4.78 is 11.1. The summed E-state index contributed by atoms with van der Waals surface area (Å²) in [5.41, 5.74) is 1.86. The number of nitriles is 1. The van der Waals surface area contributed by atoms with Gasteiger partial charge in [0, 0.05) is 37.8 Å². The van der Waals surface area contributed by atoms with E-state index in [0.29, 0.717) is 43.5 Å². The van der Waals surface area contributed by atoms with E-state index in [1.807, 2.05) is 70.5 Å². The Labute approximate surface area is 180 Å². The van der Waals surface area contributed by atoms with Gasteiger partial charge in [0.2, 0.25) is 17.5 Å². The second kappa shape index (κ2) is 9.18. The molecule has 0 bridgehead atoms. The first-order chi connectivity index (χ1) is 15.2. The molecule has 156 valence electrons. The Morgan fingerprint density at radius 3 is 2.58 bits per heavy atom. The monoisotopic (exact) mass is 414 g/mol. The van der Waals surface area contributed by atoms with Crippen molar-refractivity contribution in [1.29, 1.82) is 5.26 Å². The van der Waals surface area contributed by atoms with Crippen molar-refractivity contribution in [3.8, 4) is 11.8 Å². The third-order valence-corrected chi connectivity index (χ3v) is 5.12. The van der Waals surface area contributed by atoms with E-state index in [4.69, 9.17) is 9.15 Å². The van der Waals surface area contributed by atoms with Crippen LogP contribution in [0.15, 0.2) is 59.0 Å². The molecule has 0 atom stereocenters. The summed E-state index contributed by atoms with van der Waals surface area (Å²) in [6.07, 6.45) is 3.59. The maximum atomic E-state index is 12.6. The average molecular weight is 414 g/mol. The van der Waals surface area contributed by atoms with Crippen molar-refractivity contribution in [2.45, 2.75) is 0 Å². The predicted molar refractivity (Wildman–Crippen MR) is 118 cm³/mol. The van der Waals surface area contributed by atoms with Crippen molar-refractivity contribution in [2.24, 2.45) is 0 Å². The molecular weight excluding hydrogens is 392 g/mol. The third-order valence-electron chi connectivity index (χ3n) is 5.12. The highest BCUT2D eigenvalue weighted by atomic mass is 16.5. The van der Waals surface area contributed by atoms with Crippen molar-refractivity contribution < 1.29 is 13.9 Å². The molecular formula is C24H22N4O3. The number of methoxy groups -OCH3 is 1. The van der Waals surface area contributed by atoms with Crippen LogP contribution in [0.1, 0.15) is 27.5 Å². The van der Waals surface area contributed by atoms with Crippen LogP contribution in [0.4, 0.5) is 5.88 Å². The van der Waals surface area contributed by atoms with Crippen LogP contribution in [0.3, 0.4) is 0 Å². The molecule has 0 spiro atoms. The largest absolute Gasteiger partial charge is 0.497 e. The number of anilines is 1. The molecule has 1 aliphatic heterocycles. The molecule has 31 heavy (non-hydrogen) atoms. The Kier molecular flexibility index (Phi) is 5.99. The SMILES string of the molecule is COc1cccc(C=Cc2nc(C#N)c(N3CCN(C(=O)c4ccccc4)CC3)o2)c1. The van der Waals surface area contributed by atoms with E-state index in [-0.39, 0.29) is 11.6 Å². The van der Waals surface area contributed by atoms with Crippen LogP contribution in [-0.4, -0.2) is 49.1 Å². The van der Waals surface area contributed by atoms with Crippen molar-refractivity contribution in [2.75, 3.05) is 38.2 Å². The molecule has 1 fully saturated rings. The van der Waals surface area contributed by atoms with E-state index < -0.39 is 0 Å². The number of aromatic nitrogens is 1. The highest BCUT2D eigenvalue weighted by Crippen LogP contribution is 2.25. The molecule has 1 saturated heterocycles. The van der Waals surface area contributed by atoms with E-state index in [2.05, 4.69) is 11.1 Å². The van der Waals surface area contributed by atoms with Gasteiger partial charge in [-0.15, -0.1) is 0 Å². The fraction of sp³-hybridized carbons (Fsp3) is 0.208. The van der Waals surface area contributed by atoms with E-state index in [1.165, 1.54) is 0 Å². The number of hydrogen-bond donors (Lipinski definition) is 0. The zero-order valence-corrected chi connectivity index (χ0v) is 17.2. The zero-order valence-electron chi connectivity index (χ0n) is 17.2. The molecule has 0 saturated carbocycles. The topological polar surface area (TPSA) is 82.6 Å². The average Bonchev–Trinajstić information content (AvgIpc) is 3.26. The summed E-state index contributed by atoms with van der Waals surface area (Å²) in [7, 11) is 1.62. The maximum Gasteiger partial charge on any atom is 0.253 e. The molecule has 1 aromatic heterocycles. The van der Waals surface area contributed by atoms with Gasteiger partial charge >= 0.3 is 0 Å². The highest BCUT2D eigenvalue weighted by molar-refractivity contribution is 5.94. The number of carbonyl (C=O) groups is 1. The van der Waals surface area contributed by atoms with Gasteiger partial charge < -0.3 is 19.0 Å². The number of rotatable bonds is 5. The summed E-state index contributed by atoms with van der Waals surface area (Å²) in [4.78, 5) is 20.7. The maximum absolute atomic E-state index is 12.6. The number of ether oxygens (including phenoxy) is 1. The highest BCUT2D eigenvalue weighted by Gasteiger charge is 2.26. The lowest BCUT2D eigenvalue weighted by Gasteiger charge is -2.34. The lowest BCUT2D eigenvalue weighted by atomic mass is 10.2. The van der Waals surface area contributed by atoms with Gasteiger partial charge in [0.25, 0.3) is 5.91 Å². The third kappa shape index (κ3) is 4.59. The van der Waals surface area contributed by atoms with Crippen LogP contribution in [0.2, 0.25) is 0 Å². The zero-order chi connectivity index (χ0) is 21.6. The van der Waals surface area contributed by atoms with Crippen LogP contribution in [-0.2, 0) is 0 Å². The number of amides is 1. The normalized spacial score (nSPS) is 13.9. The van der Waals surface area contributed by atoms with Crippen molar-refractivity contribution >= 4 is 23.9 Å². The minimum absolute atomic E-state index is 0.0141. The lowest BCUT2D eigenvalue weighted by molar-refractivity contribution is 0.0745. The van der Waals surface area contributed by atoms with Crippen LogP contribution < -0.4 is 9.64 Å². The quantitative estimate of drug-likeness (QED) is 0.633. The Balaban J connectivity index is 1.44. The molecule has 1 amide bonds. The van der Waals surface area contributed by atoms with Gasteiger partial charge in [-0.3, -0.25) is 4.79 Å². The molecule has 0 unspecified atom stereocenters. The first kappa shape index (κ1) is 20.2. The molecule has 7 heteroatoms. The number of oxazole rings is 1. The Hall–Kier alpha value is -4.05. The van der Waals surface area contributed by atoms with Crippen molar-refractivity contribution in [3.05, 3.63) is 77.3 Å². The minimum atomic E-state index is 0.0141. The molecule has 4 rings (SSSR count). The number of hydrogen-bond acceptors (Lipinski definition) is 6. The van der Waals surface area contributed by atoms with Crippen molar-refractivity contribution in [3.63, 3.8) is 0 Å². The van der Waals surface area contributed by atoms with Gasteiger partial charge in [-0.25, -0.2) is 0 Å².